The average Bonchev–Trinajstić information content (AvgIpc) is 2.82. The Balaban J connectivity index is 1.83. The molecule has 0 fully saturated rings. The third kappa shape index (κ3) is 8.94. The van der Waals surface area contributed by atoms with E-state index in [1.54, 1.807) is 0 Å². The molecule has 9 heteroatoms. The molecule has 0 aliphatic rings. The van der Waals surface area contributed by atoms with E-state index < -0.39 is 36.0 Å². The fourth-order valence-electron chi connectivity index (χ4n) is 2.90. The summed E-state index contributed by atoms with van der Waals surface area (Å²) in [6.07, 6.45) is -0.474. The van der Waals surface area contributed by atoms with Crippen molar-refractivity contribution in [2.75, 3.05) is 5.88 Å². The third-order valence-electron chi connectivity index (χ3n) is 4.81. The minimum Gasteiger partial charge on any atom is -0.445 e. The Hall–Kier alpha value is -3.39. The van der Waals surface area contributed by atoms with Crippen molar-refractivity contribution in [2.45, 2.75) is 45.0 Å². The van der Waals surface area contributed by atoms with Crippen LogP contribution in [0.4, 0.5) is 4.79 Å². The van der Waals surface area contributed by atoms with Crippen molar-refractivity contribution in [3.05, 3.63) is 71.8 Å². The van der Waals surface area contributed by atoms with Crippen LogP contribution in [0.5, 0.6) is 0 Å². The highest BCUT2D eigenvalue weighted by molar-refractivity contribution is 6.28. The van der Waals surface area contributed by atoms with E-state index >= 15 is 0 Å². The highest BCUT2D eigenvalue weighted by atomic mass is 35.5. The zero-order valence-electron chi connectivity index (χ0n) is 18.5. The van der Waals surface area contributed by atoms with Crippen LogP contribution < -0.4 is 16.0 Å². The van der Waals surface area contributed by atoms with Crippen LogP contribution in [0.3, 0.4) is 0 Å². The second-order valence-corrected chi connectivity index (χ2v) is 7.78. The Morgan fingerprint density at radius 3 is 1.88 bits per heavy atom. The van der Waals surface area contributed by atoms with Crippen molar-refractivity contribution in [2.24, 2.45) is 0 Å². The van der Waals surface area contributed by atoms with Gasteiger partial charge in [-0.1, -0.05) is 60.7 Å². The van der Waals surface area contributed by atoms with E-state index in [2.05, 4.69) is 16.0 Å². The van der Waals surface area contributed by atoms with Gasteiger partial charge in [0.25, 0.3) is 0 Å². The summed E-state index contributed by atoms with van der Waals surface area (Å²) < 4.78 is 5.09. The maximum absolute atomic E-state index is 12.6. The summed E-state index contributed by atoms with van der Waals surface area (Å²) in [6, 6.07) is 15.6. The molecule has 0 heterocycles. The molecule has 2 rings (SSSR count). The molecule has 0 aromatic heterocycles. The molecule has 176 valence electrons. The Morgan fingerprint density at radius 1 is 0.788 bits per heavy atom. The lowest BCUT2D eigenvalue weighted by Gasteiger charge is -2.22. The number of ketones is 1. The van der Waals surface area contributed by atoms with Crippen LogP contribution in [-0.4, -0.2) is 47.7 Å². The average molecular weight is 474 g/mol. The number of carbonyl (C=O) groups excluding carboxylic acids is 4. The number of Topliss-reactive ketones (excluding diaryl/α,β-unsaturated/α-hetero) is 1. The molecule has 0 aliphatic heterocycles. The highest BCUT2D eigenvalue weighted by Gasteiger charge is 2.25. The number of alkyl carbamates (subject to hydrolysis) is 1. The molecular weight excluding hydrogens is 446 g/mol. The summed E-state index contributed by atoms with van der Waals surface area (Å²) in [5, 5.41) is 7.58. The first kappa shape index (κ1) is 25.9. The van der Waals surface area contributed by atoms with Crippen molar-refractivity contribution in [3.63, 3.8) is 0 Å². The summed E-state index contributed by atoms with van der Waals surface area (Å²) in [5.74, 6) is -1.69. The third-order valence-corrected chi connectivity index (χ3v) is 5.08. The van der Waals surface area contributed by atoms with Crippen LogP contribution in [0.1, 0.15) is 25.0 Å². The number of halogens is 1. The standard InChI is InChI=1S/C24H28ClN3O5/c1-16(23(31)28-20(21(29)14-25)13-18-9-5-3-6-10-18)26-22(30)17(2)27-24(32)33-15-19-11-7-4-8-12-19/h3-12,16-17,20H,13-15H2,1-2H3,(H,26,30)(H,27,32)(H,28,31)/t16-,17-,20?/m0/s1. The van der Waals surface area contributed by atoms with Crippen molar-refractivity contribution >= 4 is 35.3 Å². The van der Waals surface area contributed by atoms with E-state index in [-0.39, 0.29) is 24.7 Å². The Kier molecular flexibility index (Phi) is 10.4. The summed E-state index contributed by atoms with van der Waals surface area (Å²) in [7, 11) is 0. The lowest BCUT2D eigenvalue weighted by Crippen LogP contribution is -2.54. The maximum atomic E-state index is 12.6. The van der Waals surface area contributed by atoms with Gasteiger partial charge < -0.3 is 20.7 Å². The van der Waals surface area contributed by atoms with Gasteiger partial charge in [0.1, 0.15) is 18.7 Å². The molecule has 0 radical (unpaired) electrons. The van der Waals surface area contributed by atoms with Crippen LogP contribution in [0, 0.1) is 0 Å². The van der Waals surface area contributed by atoms with E-state index in [9.17, 15) is 19.2 Å². The zero-order chi connectivity index (χ0) is 24.2. The number of carbonyl (C=O) groups is 4. The van der Waals surface area contributed by atoms with Gasteiger partial charge in [-0.15, -0.1) is 11.6 Å². The van der Waals surface area contributed by atoms with Gasteiger partial charge in [0, 0.05) is 0 Å². The quantitative estimate of drug-likeness (QED) is 0.433. The molecule has 33 heavy (non-hydrogen) atoms. The monoisotopic (exact) mass is 473 g/mol. The minimum atomic E-state index is -0.941. The topological polar surface area (TPSA) is 114 Å². The number of amides is 3. The summed E-state index contributed by atoms with van der Waals surface area (Å²) in [6.45, 7) is 3.02. The Bertz CT molecular complexity index is 940. The van der Waals surface area contributed by atoms with Gasteiger partial charge in [-0.05, 0) is 31.4 Å². The largest absolute Gasteiger partial charge is 0.445 e. The van der Waals surface area contributed by atoms with E-state index in [1.165, 1.54) is 13.8 Å². The first-order valence-corrected chi connectivity index (χ1v) is 11.0. The smallest absolute Gasteiger partial charge is 0.408 e. The normalized spacial score (nSPS) is 13.2. The molecular formula is C24H28ClN3O5. The van der Waals surface area contributed by atoms with Crippen LogP contribution in [0.25, 0.3) is 0 Å². The fraction of sp³-hybridized carbons (Fsp3) is 0.333. The molecule has 2 aromatic rings. The predicted molar refractivity (Wildman–Crippen MR) is 125 cm³/mol. The number of hydrogen-bond acceptors (Lipinski definition) is 5. The summed E-state index contributed by atoms with van der Waals surface area (Å²) in [5.41, 5.74) is 1.68. The fourth-order valence-corrected chi connectivity index (χ4v) is 3.08. The Morgan fingerprint density at radius 2 is 1.30 bits per heavy atom. The molecule has 0 saturated heterocycles. The number of alkyl halides is 1. The van der Waals surface area contributed by atoms with Crippen LogP contribution >= 0.6 is 11.6 Å². The zero-order valence-corrected chi connectivity index (χ0v) is 19.3. The molecule has 1 unspecified atom stereocenters. The molecule has 8 nitrogen and oxygen atoms in total. The number of ether oxygens (including phenoxy) is 1. The molecule has 0 aliphatic carbocycles. The second kappa shape index (κ2) is 13.2. The molecule has 0 bridgehead atoms. The first-order valence-electron chi connectivity index (χ1n) is 10.5. The maximum Gasteiger partial charge on any atom is 0.408 e. The molecule has 3 atom stereocenters. The van der Waals surface area contributed by atoms with Crippen LogP contribution in [-0.2, 0) is 32.1 Å². The Labute approximate surface area is 198 Å². The van der Waals surface area contributed by atoms with E-state index in [0.717, 1.165) is 11.1 Å². The summed E-state index contributed by atoms with van der Waals surface area (Å²) >= 11 is 5.69. The second-order valence-electron chi connectivity index (χ2n) is 7.51. The molecule has 3 N–H and O–H groups in total. The van der Waals surface area contributed by atoms with Gasteiger partial charge in [-0.25, -0.2) is 4.79 Å². The van der Waals surface area contributed by atoms with Crippen molar-refractivity contribution in [1.29, 1.82) is 0 Å². The molecule has 3 amide bonds. The lowest BCUT2D eigenvalue weighted by atomic mass is 10.0. The number of benzene rings is 2. The molecule has 0 spiro atoms. The number of nitrogens with one attached hydrogen (secondary N) is 3. The van der Waals surface area contributed by atoms with Crippen molar-refractivity contribution < 1.29 is 23.9 Å². The van der Waals surface area contributed by atoms with Gasteiger partial charge >= 0.3 is 6.09 Å². The highest BCUT2D eigenvalue weighted by Crippen LogP contribution is 2.06. The van der Waals surface area contributed by atoms with E-state index in [4.69, 9.17) is 16.3 Å². The number of rotatable bonds is 11. The van der Waals surface area contributed by atoms with E-state index in [1.807, 2.05) is 60.7 Å². The number of hydrogen-bond donors (Lipinski definition) is 3. The molecule has 0 saturated carbocycles. The first-order chi connectivity index (χ1) is 15.8. The van der Waals surface area contributed by atoms with Crippen LogP contribution in [0.15, 0.2) is 60.7 Å². The van der Waals surface area contributed by atoms with Crippen molar-refractivity contribution in [1.82, 2.24) is 16.0 Å². The van der Waals surface area contributed by atoms with Crippen molar-refractivity contribution in [3.8, 4) is 0 Å². The van der Waals surface area contributed by atoms with E-state index in [0.29, 0.717) is 0 Å². The van der Waals surface area contributed by atoms with Crippen LogP contribution in [0.2, 0.25) is 0 Å². The van der Waals surface area contributed by atoms with Gasteiger partial charge in [-0.3, -0.25) is 14.4 Å². The van der Waals surface area contributed by atoms with Gasteiger partial charge in [-0.2, -0.15) is 0 Å². The van der Waals surface area contributed by atoms with Gasteiger partial charge in [0.15, 0.2) is 5.78 Å². The predicted octanol–water partition coefficient (Wildman–Crippen LogP) is 2.34. The lowest BCUT2D eigenvalue weighted by molar-refractivity contribution is -0.131. The van der Waals surface area contributed by atoms with Gasteiger partial charge in [0.05, 0.1) is 11.9 Å². The van der Waals surface area contributed by atoms with Gasteiger partial charge in [0.2, 0.25) is 11.8 Å². The summed E-state index contributed by atoms with van der Waals surface area (Å²) in [4.78, 5) is 49.1. The molecule has 2 aromatic carbocycles. The SMILES string of the molecule is C[C@H](NC(=O)OCc1ccccc1)C(=O)N[C@@H](C)C(=O)NC(Cc1ccccc1)C(=O)CCl. The minimum absolute atomic E-state index is 0.0667.